The molecule has 0 aromatic heterocycles. The van der Waals surface area contributed by atoms with Crippen molar-refractivity contribution in [3.63, 3.8) is 0 Å². The number of hydrogen-bond acceptors (Lipinski definition) is 6. The fraction of sp³-hybridized carbons (Fsp3) is 0.615. The molecule has 2 fully saturated rings. The molecule has 2 aliphatic rings. The average Bonchev–Trinajstić information content (AvgIpc) is 3.34. The first kappa shape index (κ1) is 28.9. The number of likely N-dealkylation sites (N-methyl/N-ethyl adjacent to an activating group) is 1. The summed E-state index contributed by atoms with van der Waals surface area (Å²) in [5.41, 5.74) is 0.441. The summed E-state index contributed by atoms with van der Waals surface area (Å²) in [6.07, 6.45) is 8.65. The first-order chi connectivity index (χ1) is 17.7. The number of ether oxygens (including phenoxy) is 1. The summed E-state index contributed by atoms with van der Waals surface area (Å²) >= 11 is 0. The lowest BCUT2D eigenvalue weighted by Gasteiger charge is -2.23. The number of benzene rings is 1. The van der Waals surface area contributed by atoms with Gasteiger partial charge >= 0.3 is 0 Å². The molecule has 37 heavy (non-hydrogen) atoms. The second-order valence-electron chi connectivity index (χ2n) is 9.74. The summed E-state index contributed by atoms with van der Waals surface area (Å²) in [5.74, 6) is 2.29. The number of amidine groups is 1. The largest absolute Gasteiger partial charge is 0.495 e. The third-order valence-corrected chi connectivity index (χ3v) is 7.86. The van der Waals surface area contributed by atoms with Gasteiger partial charge in [-0.05, 0) is 69.8 Å². The van der Waals surface area contributed by atoms with Crippen molar-refractivity contribution in [2.45, 2.75) is 69.7 Å². The van der Waals surface area contributed by atoms with Gasteiger partial charge in [0.1, 0.15) is 16.5 Å². The third-order valence-electron chi connectivity index (χ3n) is 6.99. The average molecular weight is 535 g/mol. The summed E-state index contributed by atoms with van der Waals surface area (Å²) in [6.45, 7) is 11.6. The summed E-state index contributed by atoms with van der Waals surface area (Å²) in [5, 5.41) is 9.70. The topological polar surface area (TPSA) is 128 Å². The standard InChI is InChI=1S/C26H42N6O4S/c1-5-32-15-9-12-23(32)18-28-26(30-19(2)27-17-21-10-7-6-8-11-21)31-20(3)29-22-13-14-24(36-4)25(16-22)37(33,34)35/h13-14,16,21,23,27H,2,5-12,15,17-18H2,1,3-4H3,(H,33,34,35)(H2,28,29,30,31). The van der Waals surface area contributed by atoms with Gasteiger partial charge in [0.15, 0.2) is 0 Å². The van der Waals surface area contributed by atoms with Gasteiger partial charge in [-0.2, -0.15) is 8.42 Å². The van der Waals surface area contributed by atoms with E-state index in [1.807, 2.05) is 0 Å². The Morgan fingerprint density at radius 3 is 2.65 bits per heavy atom. The molecule has 1 aromatic rings. The van der Waals surface area contributed by atoms with Crippen LogP contribution >= 0.6 is 0 Å². The molecular formula is C26H42N6O4S. The highest BCUT2D eigenvalue weighted by molar-refractivity contribution is 7.86. The van der Waals surface area contributed by atoms with Gasteiger partial charge in [0.25, 0.3) is 10.1 Å². The van der Waals surface area contributed by atoms with Crippen molar-refractivity contribution >= 4 is 27.6 Å². The zero-order chi connectivity index (χ0) is 26.8. The summed E-state index contributed by atoms with van der Waals surface area (Å²) in [4.78, 5) is 11.5. The normalized spacial score (nSPS) is 20.1. The smallest absolute Gasteiger partial charge is 0.298 e. The van der Waals surface area contributed by atoms with E-state index < -0.39 is 10.1 Å². The first-order valence-corrected chi connectivity index (χ1v) is 14.6. The lowest BCUT2D eigenvalue weighted by molar-refractivity contribution is 0.273. The van der Waals surface area contributed by atoms with E-state index in [9.17, 15) is 13.0 Å². The predicted octanol–water partition coefficient (Wildman–Crippen LogP) is 3.84. The highest BCUT2D eigenvalue weighted by atomic mass is 32.2. The lowest BCUT2D eigenvalue weighted by Crippen LogP contribution is -2.35. The number of likely N-dealkylation sites (tertiary alicyclic amines) is 1. The van der Waals surface area contributed by atoms with Gasteiger partial charge in [-0.15, -0.1) is 0 Å². The Morgan fingerprint density at radius 2 is 1.97 bits per heavy atom. The minimum Gasteiger partial charge on any atom is -0.495 e. The van der Waals surface area contributed by atoms with Gasteiger partial charge in [-0.25, -0.2) is 9.98 Å². The molecule has 0 bridgehead atoms. The van der Waals surface area contributed by atoms with Crippen LogP contribution in [0.5, 0.6) is 5.75 Å². The van der Waals surface area contributed by atoms with Gasteiger partial charge in [0, 0.05) is 18.3 Å². The lowest BCUT2D eigenvalue weighted by atomic mass is 9.89. The molecule has 1 aromatic carbocycles. The summed E-state index contributed by atoms with van der Waals surface area (Å²) < 4.78 is 38.1. The van der Waals surface area contributed by atoms with Crippen molar-refractivity contribution in [2.75, 3.05) is 38.6 Å². The Balaban J connectivity index is 1.73. The van der Waals surface area contributed by atoms with Crippen molar-refractivity contribution in [1.82, 2.24) is 15.5 Å². The van der Waals surface area contributed by atoms with E-state index in [-0.39, 0.29) is 10.6 Å². The van der Waals surface area contributed by atoms with Gasteiger partial charge in [-0.3, -0.25) is 9.45 Å². The SMILES string of the molecule is C=C(NCC1CCCCC1)NC(=NCC1CCCN1CC)/N=C(\C)Nc1ccc(OC)c(S(=O)(=O)O)c1. The molecule has 0 spiro atoms. The van der Waals surface area contributed by atoms with Crippen LogP contribution in [0.15, 0.2) is 45.5 Å². The fourth-order valence-corrected chi connectivity index (χ4v) is 5.68. The van der Waals surface area contributed by atoms with E-state index >= 15 is 0 Å². The van der Waals surface area contributed by atoms with Crippen LogP contribution in [0.2, 0.25) is 0 Å². The minimum absolute atomic E-state index is 0.0592. The maximum Gasteiger partial charge on any atom is 0.298 e. The number of anilines is 1. The molecule has 1 unspecified atom stereocenters. The van der Waals surface area contributed by atoms with Gasteiger partial charge in [0.2, 0.25) is 5.96 Å². The number of methoxy groups -OCH3 is 1. The maximum atomic E-state index is 11.8. The van der Waals surface area contributed by atoms with Gasteiger partial charge in [0.05, 0.1) is 19.5 Å². The molecule has 0 radical (unpaired) electrons. The van der Waals surface area contributed by atoms with Crippen LogP contribution in [0.1, 0.15) is 58.8 Å². The number of aliphatic imine (C=N–C) groups is 2. The second-order valence-corrected chi connectivity index (χ2v) is 11.1. The molecule has 1 saturated heterocycles. The number of nitrogens with one attached hydrogen (secondary N) is 3. The Hall–Kier alpha value is -2.63. The zero-order valence-electron chi connectivity index (χ0n) is 22.3. The van der Waals surface area contributed by atoms with Crippen LogP contribution in [0, 0.1) is 5.92 Å². The molecule has 1 aliphatic heterocycles. The van der Waals surface area contributed by atoms with E-state index in [1.165, 1.54) is 57.8 Å². The van der Waals surface area contributed by atoms with Crippen LogP contribution < -0.4 is 20.7 Å². The molecule has 1 saturated carbocycles. The molecule has 11 heteroatoms. The van der Waals surface area contributed by atoms with Crippen LogP contribution in [0.25, 0.3) is 0 Å². The third kappa shape index (κ3) is 9.01. The molecule has 206 valence electrons. The quantitative estimate of drug-likeness (QED) is 0.203. The minimum atomic E-state index is -4.45. The van der Waals surface area contributed by atoms with Gasteiger partial charge in [-0.1, -0.05) is 32.8 Å². The van der Waals surface area contributed by atoms with Crippen molar-refractivity contribution in [3.8, 4) is 5.75 Å². The summed E-state index contributed by atoms with van der Waals surface area (Å²) in [7, 11) is -3.11. The Labute approximate surface area is 221 Å². The van der Waals surface area contributed by atoms with Crippen LogP contribution in [-0.2, 0) is 10.1 Å². The molecule has 0 amide bonds. The number of hydrogen-bond donors (Lipinski definition) is 4. The molecule has 10 nitrogen and oxygen atoms in total. The van der Waals surface area contributed by atoms with Crippen molar-refractivity contribution in [2.24, 2.45) is 15.9 Å². The number of rotatable bonds is 10. The van der Waals surface area contributed by atoms with E-state index in [1.54, 1.807) is 13.0 Å². The highest BCUT2D eigenvalue weighted by Gasteiger charge is 2.23. The molecule has 1 heterocycles. The van der Waals surface area contributed by atoms with E-state index in [0.29, 0.717) is 41.8 Å². The molecule has 4 N–H and O–H groups in total. The molecular weight excluding hydrogens is 492 g/mol. The van der Waals surface area contributed by atoms with Crippen molar-refractivity contribution in [1.29, 1.82) is 0 Å². The zero-order valence-corrected chi connectivity index (χ0v) is 23.1. The monoisotopic (exact) mass is 534 g/mol. The maximum absolute atomic E-state index is 11.8. The van der Waals surface area contributed by atoms with Crippen molar-refractivity contribution in [3.05, 3.63) is 30.6 Å². The van der Waals surface area contributed by atoms with Crippen LogP contribution in [-0.4, -0.2) is 69.0 Å². The fourth-order valence-electron chi connectivity index (χ4n) is 5.00. The van der Waals surface area contributed by atoms with E-state index in [0.717, 1.165) is 26.1 Å². The number of guanidine groups is 1. The molecule has 1 atom stereocenters. The predicted molar refractivity (Wildman–Crippen MR) is 149 cm³/mol. The van der Waals surface area contributed by atoms with Crippen LogP contribution in [0.4, 0.5) is 5.69 Å². The highest BCUT2D eigenvalue weighted by Crippen LogP contribution is 2.27. The second kappa shape index (κ2) is 13.8. The molecule has 3 rings (SSSR count). The van der Waals surface area contributed by atoms with Gasteiger partial charge < -0.3 is 20.7 Å². The number of nitrogens with zero attached hydrogens (tertiary/aromatic N) is 3. The van der Waals surface area contributed by atoms with E-state index in [2.05, 4.69) is 39.3 Å². The Morgan fingerprint density at radius 1 is 1.22 bits per heavy atom. The van der Waals surface area contributed by atoms with Crippen LogP contribution in [0.3, 0.4) is 0 Å². The first-order valence-electron chi connectivity index (χ1n) is 13.2. The Kier molecular flexibility index (Phi) is 10.8. The Bertz CT molecular complexity index is 1080. The molecule has 1 aliphatic carbocycles. The van der Waals surface area contributed by atoms with Crippen molar-refractivity contribution < 1.29 is 17.7 Å². The summed E-state index contributed by atoms with van der Waals surface area (Å²) in [6, 6.07) is 4.81. The van der Waals surface area contributed by atoms with E-state index in [4.69, 9.17) is 9.73 Å².